The minimum atomic E-state index is -0.927. The predicted molar refractivity (Wildman–Crippen MR) is 120 cm³/mol. The Labute approximate surface area is 176 Å². The molecule has 5 aromatic rings. The Morgan fingerprint density at radius 1 is 1.10 bits per heavy atom. The number of rotatable bonds is 6. The van der Waals surface area contributed by atoms with Gasteiger partial charge in [-0.25, -0.2) is 14.8 Å². The number of benzene rings is 2. The lowest BCUT2D eigenvalue weighted by Gasteiger charge is -2.16. The summed E-state index contributed by atoms with van der Waals surface area (Å²) in [4.78, 5) is 24.9. The fraction of sp³-hybridized carbons (Fsp3) is 0.0870. The summed E-state index contributed by atoms with van der Waals surface area (Å²) in [6, 6.07) is 17.0. The van der Waals surface area contributed by atoms with E-state index in [9.17, 15) is 9.90 Å². The first-order valence-corrected chi connectivity index (χ1v) is 10.4. The lowest BCUT2D eigenvalue weighted by Crippen LogP contribution is -2.32. The third-order valence-electron chi connectivity index (χ3n) is 5.16. The fourth-order valence-electron chi connectivity index (χ4n) is 3.70. The first-order chi connectivity index (χ1) is 14.7. The van der Waals surface area contributed by atoms with Crippen LogP contribution in [0, 0.1) is 0 Å². The van der Waals surface area contributed by atoms with Gasteiger partial charge in [0.1, 0.15) is 23.0 Å². The van der Waals surface area contributed by atoms with Crippen LogP contribution in [0.4, 0.5) is 5.82 Å². The second-order valence-electron chi connectivity index (χ2n) is 7.02. The zero-order valence-electron chi connectivity index (χ0n) is 15.9. The molecule has 148 valence electrons. The number of nitrogens with one attached hydrogen (secondary N) is 2. The molecular weight excluding hydrogens is 396 g/mol. The normalized spacial score (nSPS) is 12.3. The van der Waals surface area contributed by atoms with Crippen molar-refractivity contribution in [2.24, 2.45) is 0 Å². The van der Waals surface area contributed by atoms with Gasteiger partial charge in [0.2, 0.25) is 0 Å². The van der Waals surface area contributed by atoms with Gasteiger partial charge < -0.3 is 15.4 Å². The number of fused-ring (bicyclic) bond motifs is 2. The lowest BCUT2D eigenvalue weighted by molar-refractivity contribution is -0.137. The smallest absolute Gasteiger partial charge is 0.326 e. The maximum Gasteiger partial charge on any atom is 0.326 e. The van der Waals surface area contributed by atoms with Crippen molar-refractivity contribution in [2.75, 3.05) is 5.32 Å². The Hall–Kier alpha value is -3.71. The van der Waals surface area contributed by atoms with Crippen molar-refractivity contribution in [3.05, 3.63) is 78.1 Å². The molecule has 0 aliphatic carbocycles. The summed E-state index contributed by atoms with van der Waals surface area (Å²) in [6.07, 6.45) is 3.67. The van der Waals surface area contributed by atoms with E-state index in [4.69, 9.17) is 0 Å². The quantitative estimate of drug-likeness (QED) is 0.366. The molecule has 6 nitrogen and oxygen atoms in total. The summed E-state index contributed by atoms with van der Waals surface area (Å²) in [6.45, 7) is 0. The largest absolute Gasteiger partial charge is 0.480 e. The van der Waals surface area contributed by atoms with E-state index in [2.05, 4.69) is 20.3 Å². The van der Waals surface area contributed by atoms with Crippen LogP contribution >= 0.6 is 11.3 Å². The summed E-state index contributed by atoms with van der Waals surface area (Å²) in [5.41, 5.74) is 3.98. The summed E-state index contributed by atoms with van der Waals surface area (Å²) < 4.78 is 0. The van der Waals surface area contributed by atoms with Gasteiger partial charge in [-0.3, -0.25) is 0 Å². The number of aromatic amines is 1. The number of carbonyl (C=O) groups is 1. The number of thiophene rings is 1. The number of nitrogens with zero attached hydrogens (tertiary/aromatic N) is 2. The number of para-hydroxylation sites is 1. The number of aliphatic carboxylic acids is 1. The molecule has 1 atom stereocenters. The van der Waals surface area contributed by atoms with Crippen molar-refractivity contribution in [3.8, 4) is 11.1 Å². The number of H-pyrrole nitrogens is 1. The van der Waals surface area contributed by atoms with Crippen molar-refractivity contribution in [3.63, 3.8) is 0 Å². The van der Waals surface area contributed by atoms with Crippen LogP contribution in [-0.4, -0.2) is 32.1 Å². The molecule has 3 heterocycles. The van der Waals surface area contributed by atoms with Crippen LogP contribution in [0.1, 0.15) is 5.56 Å². The second kappa shape index (κ2) is 7.61. The van der Waals surface area contributed by atoms with E-state index in [-0.39, 0.29) is 0 Å². The highest BCUT2D eigenvalue weighted by atomic mass is 32.1. The maximum absolute atomic E-state index is 12.1. The average molecular weight is 414 g/mol. The molecule has 2 aromatic carbocycles. The van der Waals surface area contributed by atoms with E-state index >= 15 is 0 Å². The minimum absolute atomic E-state index is 0.329. The molecule has 0 aliphatic rings. The van der Waals surface area contributed by atoms with Crippen molar-refractivity contribution < 1.29 is 9.90 Å². The SMILES string of the molecule is O=C(O)[C@H](Cc1c[nH]c2ccccc12)Nc1ncnc2scc(-c3ccccc3)c12. The van der Waals surface area contributed by atoms with Crippen LogP contribution in [0.5, 0.6) is 0 Å². The van der Waals surface area contributed by atoms with Crippen molar-refractivity contribution in [2.45, 2.75) is 12.5 Å². The highest BCUT2D eigenvalue weighted by Crippen LogP contribution is 2.36. The van der Waals surface area contributed by atoms with Crippen molar-refractivity contribution >= 4 is 44.2 Å². The number of hydrogen-bond acceptors (Lipinski definition) is 5. The Balaban J connectivity index is 1.53. The average Bonchev–Trinajstić information content (AvgIpc) is 3.39. The number of anilines is 1. The molecule has 0 amide bonds. The topological polar surface area (TPSA) is 90.9 Å². The third-order valence-corrected chi connectivity index (χ3v) is 6.05. The van der Waals surface area contributed by atoms with Gasteiger partial charge in [0.15, 0.2) is 0 Å². The molecule has 0 saturated heterocycles. The van der Waals surface area contributed by atoms with Crippen molar-refractivity contribution in [1.29, 1.82) is 0 Å². The van der Waals surface area contributed by atoms with Crippen LogP contribution in [0.3, 0.4) is 0 Å². The molecule has 30 heavy (non-hydrogen) atoms. The zero-order valence-corrected chi connectivity index (χ0v) is 16.7. The van der Waals surface area contributed by atoms with Gasteiger partial charge in [0.05, 0.1) is 5.39 Å². The second-order valence-corrected chi connectivity index (χ2v) is 7.87. The molecule has 0 bridgehead atoms. The molecule has 0 fully saturated rings. The molecular formula is C23H18N4O2S. The van der Waals surface area contributed by atoms with Crippen LogP contribution < -0.4 is 5.32 Å². The molecule has 7 heteroatoms. The van der Waals surface area contributed by atoms with Gasteiger partial charge in [-0.1, -0.05) is 48.5 Å². The van der Waals surface area contributed by atoms with Crippen molar-refractivity contribution in [1.82, 2.24) is 15.0 Å². The van der Waals surface area contributed by atoms with E-state index in [1.807, 2.05) is 66.2 Å². The fourth-order valence-corrected chi connectivity index (χ4v) is 4.62. The monoisotopic (exact) mass is 414 g/mol. The Morgan fingerprint density at radius 3 is 2.73 bits per heavy atom. The molecule has 5 rings (SSSR count). The number of carboxylic acids is 1. The number of hydrogen-bond donors (Lipinski definition) is 3. The lowest BCUT2D eigenvalue weighted by atomic mass is 10.0. The summed E-state index contributed by atoms with van der Waals surface area (Å²) >= 11 is 1.52. The van der Waals surface area contributed by atoms with E-state index in [1.54, 1.807) is 0 Å². The Bertz CT molecular complexity index is 1340. The van der Waals surface area contributed by atoms with Crippen LogP contribution in [0.15, 0.2) is 72.5 Å². The minimum Gasteiger partial charge on any atom is -0.480 e. The third kappa shape index (κ3) is 3.29. The number of aromatic nitrogens is 3. The van der Waals surface area contributed by atoms with Gasteiger partial charge in [-0.05, 0) is 17.2 Å². The van der Waals surface area contributed by atoms with E-state index in [0.29, 0.717) is 12.2 Å². The summed E-state index contributed by atoms with van der Waals surface area (Å²) in [5, 5.41) is 17.0. The van der Waals surface area contributed by atoms with Crippen LogP contribution in [-0.2, 0) is 11.2 Å². The highest BCUT2D eigenvalue weighted by Gasteiger charge is 2.22. The molecule has 3 aromatic heterocycles. The molecule has 0 spiro atoms. The zero-order chi connectivity index (χ0) is 20.5. The van der Waals surface area contributed by atoms with Gasteiger partial charge in [0.25, 0.3) is 0 Å². The summed E-state index contributed by atoms with van der Waals surface area (Å²) in [5.74, 6) is -0.393. The van der Waals surface area contributed by atoms with Crippen LogP contribution in [0.25, 0.3) is 32.2 Å². The Morgan fingerprint density at radius 2 is 1.90 bits per heavy atom. The standard InChI is InChI=1S/C23H18N4O2S/c28-23(29)19(10-15-11-24-18-9-5-4-8-16(15)18)27-21-20-17(14-6-2-1-3-7-14)12-30-22(20)26-13-25-21/h1-9,11-13,19,24H,10H2,(H,28,29)(H,25,26,27)/t19-/m0/s1. The molecule has 0 unspecified atom stereocenters. The van der Waals surface area contributed by atoms with Gasteiger partial charge >= 0.3 is 5.97 Å². The highest BCUT2D eigenvalue weighted by molar-refractivity contribution is 7.17. The van der Waals surface area contributed by atoms with Gasteiger partial charge in [-0.15, -0.1) is 11.3 Å². The number of carboxylic acid groups (broad SMARTS) is 1. The van der Waals surface area contributed by atoms with E-state index < -0.39 is 12.0 Å². The summed E-state index contributed by atoms with van der Waals surface area (Å²) in [7, 11) is 0. The molecule has 0 saturated carbocycles. The van der Waals surface area contributed by atoms with E-state index in [0.717, 1.165) is 37.8 Å². The molecule has 0 aliphatic heterocycles. The molecule has 3 N–H and O–H groups in total. The van der Waals surface area contributed by atoms with Gasteiger partial charge in [-0.2, -0.15) is 0 Å². The van der Waals surface area contributed by atoms with E-state index in [1.165, 1.54) is 17.7 Å². The Kier molecular flexibility index (Phi) is 4.65. The first kappa shape index (κ1) is 18.3. The molecule has 0 radical (unpaired) electrons. The van der Waals surface area contributed by atoms with Gasteiger partial charge in [0, 0.05) is 34.5 Å². The first-order valence-electron chi connectivity index (χ1n) is 9.52. The van der Waals surface area contributed by atoms with Crippen LogP contribution in [0.2, 0.25) is 0 Å². The predicted octanol–water partition coefficient (Wildman–Crippen LogP) is 4.95. The maximum atomic E-state index is 12.1.